The van der Waals surface area contributed by atoms with Gasteiger partial charge in [-0.1, -0.05) is 26.0 Å². The van der Waals surface area contributed by atoms with Gasteiger partial charge in [-0.2, -0.15) is 5.26 Å². The van der Waals surface area contributed by atoms with Gasteiger partial charge in [0, 0.05) is 0 Å². The van der Waals surface area contributed by atoms with Gasteiger partial charge < -0.3 is 10.1 Å². The van der Waals surface area contributed by atoms with E-state index in [1.807, 2.05) is 13.0 Å². The minimum Gasteiger partial charge on any atom is -0.378 e. The van der Waals surface area contributed by atoms with Crippen molar-refractivity contribution in [2.75, 3.05) is 11.9 Å². The van der Waals surface area contributed by atoms with E-state index in [-0.39, 0.29) is 18.4 Å². The highest BCUT2D eigenvalue weighted by molar-refractivity contribution is 5.92. The molecule has 19 heavy (non-hydrogen) atoms. The standard InChI is InChI=1S/C15H20N2O2/c1-11(2)12(3)19-9-8-15(18)17-14-7-5-4-6-13(14)10-16/h4-7,11-12H,8-9H2,1-3H3,(H,17,18). The smallest absolute Gasteiger partial charge is 0.226 e. The van der Waals surface area contributed by atoms with E-state index in [1.54, 1.807) is 24.3 Å². The molecule has 1 rings (SSSR count). The number of ether oxygens (including phenoxy) is 1. The van der Waals surface area contributed by atoms with Gasteiger partial charge in [-0.15, -0.1) is 0 Å². The molecule has 1 unspecified atom stereocenters. The van der Waals surface area contributed by atoms with Gasteiger partial charge in [0.1, 0.15) is 6.07 Å². The quantitative estimate of drug-likeness (QED) is 0.855. The lowest BCUT2D eigenvalue weighted by Gasteiger charge is -2.16. The Morgan fingerprint density at radius 1 is 1.37 bits per heavy atom. The second kappa shape index (κ2) is 7.55. The van der Waals surface area contributed by atoms with Crippen molar-refractivity contribution in [2.45, 2.75) is 33.3 Å². The molecule has 0 bridgehead atoms. The summed E-state index contributed by atoms with van der Waals surface area (Å²) in [5, 5.41) is 11.6. The summed E-state index contributed by atoms with van der Waals surface area (Å²) >= 11 is 0. The summed E-state index contributed by atoms with van der Waals surface area (Å²) in [5.74, 6) is 0.293. The topological polar surface area (TPSA) is 62.1 Å². The zero-order chi connectivity index (χ0) is 14.3. The number of amides is 1. The third kappa shape index (κ3) is 5.11. The van der Waals surface area contributed by atoms with Crippen molar-refractivity contribution in [3.05, 3.63) is 29.8 Å². The van der Waals surface area contributed by atoms with Gasteiger partial charge in [0.05, 0.1) is 30.4 Å². The number of benzene rings is 1. The summed E-state index contributed by atoms with van der Waals surface area (Å²) in [6, 6.07) is 8.99. The maximum absolute atomic E-state index is 11.7. The maximum Gasteiger partial charge on any atom is 0.226 e. The van der Waals surface area contributed by atoms with E-state index in [9.17, 15) is 4.79 Å². The van der Waals surface area contributed by atoms with Gasteiger partial charge in [-0.05, 0) is 25.0 Å². The lowest BCUT2D eigenvalue weighted by atomic mass is 10.1. The molecule has 0 spiro atoms. The van der Waals surface area contributed by atoms with Crippen molar-refractivity contribution in [2.24, 2.45) is 5.92 Å². The van der Waals surface area contributed by atoms with Crippen LogP contribution in [0.15, 0.2) is 24.3 Å². The van der Waals surface area contributed by atoms with Gasteiger partial charge in [0.2, 0.25) is 5.91 Å². The van der Waals surface area contributed by atoms with E-state index in [1.165, 1.54) is 0 Å². The monoisotopic (exact) mass is 260 g/mol. The fourth-order valence-corrected chi connectivity index (χ4v) is 1.43. The molecule has 1 amide bonds. The summed E-state index contributed by atoms with van der Waals surface area (Å²) < 4.78 is 5.54. The van der Waals surface area contributed by atoms with Crippen molar-refractivity contribution in [3.8, 4) is 6.07 Å². The Kier molecular flexibility index (Phi) is 6.04. The van der Waals surface area contributed by atoms with Crippen molar-refractivity contribution in [1.29, 1.82) is 5.26 Å². The number of anilines is 1. The molecule has 1 aromatic rings. The maximum atomic E-state index is 11.7. The Morgan fingerprint density at radius 3 is 2.68 bits per heavy atom. The molecule has 0 saturated heterocycles. The Bertz CT molecular complexity index is 463. The van der Waals surface area contributed by atoms with Crippen LogP contribution in [0.3, 0.4) is 0 Å². The molecule has 0 fully saturated rings. The average Bonchev–Trinajstić information content (AvgIpc) is 2.39. The van der Waals surface area contributed by atoms with Crippen LogP contribution in [0.4, 0.5) is 5.69 Å². The van der Waals surface area contributed by atoms with Crippen LogP contribution in [0.5, 0.6) is 0 Å². The third-order valence-corrected chi connectivity index (χ3v) is 2.97. The first-order valence-electron chi connectivity index (χ1n) is 6.45. The van der Waals surface area contributed by atoms with Crippen LogP contribution >= 0.6 is 0 Å². The molecular weight excluding hydrogens is 240 g/mol. The van der Waals surface area contributed by atoms with E-state index in [4.69, 9.17) is 10.00 Å². The molecule has 1 atom stereocenters. The van der Waals surface area contributed by atoms with Gasteiger partial charge >= 0.3 is 0 Å². The van der Waals surface area contributed by atoms with Crippen molar-refractivity contribution >= 4 is 11.6 Å². The molecule has 0 aliphatic rings. The molecule has 0 heterocycles. The van der Waals surface area contributed by atoms with Crippen molar-refractivity contribution in [3.63, 3.8) is 0 Å². The Hall–Kier alpha value is -1.86. The number of carbonyl (C=O) groups excluding carboxylic acids is 1. The lowest BCUT2D eigenvalue weighted by Crippen LogP contribution is -2.20. The van der Waals surface area contributed by atoms with Gasteiger partial charge in [-0.3, -0.25) is 4.79 Å². The van der Waals surface area contributed by atoms with E-state index in [0.717, 1.165) is 0 Å². The highest BCUT2D eigenvalue weighted by Gasteiger charge is 2.09. The average molecular weight is 260 g/mol. The number of para-hydroxylation sites is 1. The van der Waals surface area contributed by atoms with E-state index < -0.39 is 0 Å². The number of rotatable bonds is 6. The van der Waals surface area contributed by atoms with Gasteiger partial charge in [-0.25, -0.2) is 0 Å². The lowest BCUT2D eigenvalue weighted by molar-refractivity contribution is -0.117. The molecule has 102 valence electrons. The highest BCUT2D eigenvalue weighted by Crippen LogP contribution is 2.13. The third-order valence-electron chi connectivity index (χ3n) is 2.97. The predicted octanol–water partition coefficient (Wildman–Crippen LogP) is 2.95. The van der Waals surface area contributed by atoms with Crippen LogP contribution in [0.2, 0.25) is 0 Å². The first-order chi connectivity index (χ1) is 9.04. The largest absolute Gasteiger partial charge is 0.378 e. The molecule has 1 N–H and O–H groups in total. The van der Waals surface area contributed by atoms with Crippen LogP contribution in [0.1, 0.15) is 32.8 Å². The number of hydrogen-bond donors (Lipinski definition) is 1. The number of carbonyl (C=O) groups is 1. The van der Waals surface area contributed by atoms with Gasteiger partial charge in [0.15, 0.2) is 0 Å². The fraction of sp³-hybridized carbons (Fsp3) is 0.467. The summed E-state index contributed by atoms with van der Waals surface area (Å²) in [6.07, 6.45) is 0.427. The van der Waals surface area contributed by atoms with Crippen LogP contribution in [-0.4, -0.2) is 18.6 Å². The molecule has 4 heteroatoms. The second-order valence-electron chi connectivity index (χ2n) is 4.78. The number of nitrogens with one attached hydrogen (secondary N) is 1. The van der Waals surface area contributed by atoms with Crippen LogP contribution < -0.4 is 5.32 Å². The molecule has 0 saturated carbocycles. The highest BCUT2D eigenvalue weighted by atomic mass is 16.5. The summed E-state index contributed by atoms with van der Waals surface area (Å²) in [5.41, 5.74) is 1.01. The molecule has 1 aromatic carbocycles. The zero-order valence-electron chi connectivity index (χ0n) is 11.6. The molecule has 0 aliphatic carbocycles. The SMILES string of the molecule is CC(C)C(C)OCCC(=O)Nc1ccccc1C#N. The summed E-state index contributed by atoms with van der Waals surface area (Å²) in [6.45, 7) is 6.54. The molecule has 0 aliphatic heterocycles. The number of hydrogen-bond acceptors (Lipinski definition) is 3. The molecule has 0 radical (unpaired) electrons. The molecule has 0 aromatic heterocycles. The molecule has 4 nitrogen and oxygen atoms in total. The predicted molar refractivity (Wildman–Crippen MR) is 74.7 cm³/mol. The van der Waals surface area contributed by atoms with E-state index in [2.05, 4.69) is 19.2 Å². The van der Waals surface area contributed by atoms with Gasteiger partial charge in [0.25, 0.3) is 0 Å². The van der Waals surface area contributed by atoms with Crippen LogP contribution in [-0.2, 0) is 9.53 Å². The Morgan fingerprint density at radius 2 is 2.05 bits per heavy atom. The second-order valence-corrected chi connectivity index (χ2v) is 4.78. The van der Waals surface area contributed by atoms with E-state index in [0.29, 0.717) is 23.8 Å². The first-order valence-corrected chi connectivity index (χ1v) is 6.45. The molecular formula is C15H20N2O2. The van der Waals surface area contributed by atoms with Crippen molar-refractivity contribution in [1.82, 2.24) is 0 Å². The minimum atomic E-state index is -0.140. The number of nitrogens with zero attached hydrogens (tertiary/aromatic N) is 1. The zero-order valence-corrected chi connectivity index (χ0v) is 11.6. The Labute approximate surface area is 114 Å². The summed E-state index contributed by atoms with van der Waals surface area (Å²) in [7, 11) is 0. The Balaban J connectivity index is 2.42. The van der Waals surface area contributed by atoms with Crippen molar-refractivity contribution < 1.29 is 9.53 Å². The van der Waals surface area contributed by atoms with Crippen LogP contribution in [0.25, 0.3) is 0 Å². The minimum absolute atomic E-state index is 0.138. The summed E-state index contributed by atoms with van der Waals surface area (Å²) in [4.78, 5) is 11.7. The first kappa shape index (κ1) is 15.2. The van der Waals surface area contributed by atoms with Crippen LogP contribution in [0, 0.1) is 17.2 Å². The fourth-order valence-electron chi connectivity index (χ4n) is 1.43. The van der Waals surface area contributed by atoms with E-state index >= 15 is 0 Å². The number of nitriles is 1. The normalized spacial score (nSPS) is 11.9.